The largest absolute Gasteiger partial charge is 0.493 e. The second-order valence-electron chi connectivity index (χ2n) is 8.15. The topological polar surface area (TPSA) is 108 Å². The van der Waals surface area contributed by atoms with E-state index in [-0.39, 0.29) is 6.04 Å². The molecule has 9 nitrogen and oxygen atoms in total. The van der Waals surface area contributed by atoms with Crippen molar-refractivity contribution < 1.29 is 14.2 Å². The van der Waals surface area contributed by atoms with Crippen molar-refractivity contribution in [3.63, 3.8) is 0 Å². The zero-order valence-corrected chi connectivity index (χ0v) is 21.0. The minimum atomic E-state index is 0.261. The normalized spacial score (nSPS) is 12.1. The zero-order chi connectivity index (χ0) is 24.7. The van der Waals surface area contributed by atoms with E-state index in [1.165, 1.54) is 0 Å². The first kappa shape index (κ1) is 25.3. The van der Waals surface area contributed by atoms with E-state index in [0.29, 0.717) is 39.9 Å². The number of hydrogen-bond donors (Lipinski definition) is 2. The molecule has 3 N–H and O–H groups in total. The van der Waals surface area contributed by atoms with Crippen LogP contribution >= 0.6 is 0 Å². The van der Waals surface area contributed by atoms with Crippen molar-refractivity contribution in [1.29, 1.82) is 0 Å². The van der Waals surface area contributed by atoms with Gasteiger partial charge in [0, 0.05) is 17.7 Å². The monoisotopic (exact) mass is 468 g/mol. The summed E-state index contributed by atoms with van der Waals surface area (Å²) < 4.78 is 16.4. The Bertz CT molecular complexity index is 1080. The van der Waals surface area contributed by atoms with Crippen LogP contribution in [-0.2, 0) is 0 Å². The molecular weight excluding hydrogens is 432 g/mol. The summed E-state index contributed by atoms with van der Waals surface area (Å²) in [4.78, 5) is 16.3. The molecule has 0 saturated heterocycles. The Morgan fingerprint density at radius 1 is 1.00 bits per heavy atom. The van der Waals surface area contributed by atoms with Crippen LogP contribution in [0.25, 0.3) is 22.4 Å². The lowest BCUT2D eigenvalue weighted by atomic mass is 10.1. The number of fused-ring (bicyclic) bond motifs is 1. The first-order chi connectivity index (χ1) is 16.4. The number of aromatic nitrogens is 3. The first-order valence-corrected chi connectivity index (χ1v) is 11.7. The van der Waals surface area contributed by atoms with E-state index in [1.807, 2.05) is 18.2 Å². The van der Waals surface area contributed by atoms with E-state index >= 15 is 0 Å². The quantitative estimate of drug-likeness (QED) is 0.404. The van der Waals surface area contributed by atoms with E-state index in [4.69, 9.17) is 24.9 Å². The molecule has 0 aliphatic rings. The van der Waals surface area contributed by atoms with E-state index < -0.39 is 0 Å². The Hall–Kier alpha value is -3.33. The van der Waals surface area contributed by atoms with Crippen molar-refractivity contribution in [1.82, 2.24) is 19.9 Å². The molecule has 0 amide bonds. The molecular formula is C25H36N6O3. The van der Waals surface area contributed by atoms with Crippen molar-refractivity contribution in [2.24, 2.45) is 0 Å². The van der Waals surface area contributed by atoms with Crippen molar-refractivity contribution in [2.75, 3.05) is 52.0 Å². The molecule has 0 saturated carbocycles. The van der Waals surface area contributed by atoms with Crippen LogP contribution in [0, 0.1) is 0 Å². The molecule has 3 rings (SSSR count). The van der Waals surface area contributed by atoms with Gasteiger partial charge in [0.05, 0.1) is 38.9 Å². The number of nitrogens with two attached hydrogens (primary N) is 1. The number of nitrogen functional groups attached to an aromatic ring is 1. The van der Waals surface area contributed by atoms with Crippen molar-refractivity contribution in [2.45, 2.75) is 39.7 Å². The molecule has 0 bridgehead atoms. The van der Waals surface area contributed by atoms with Crippen LogP contribution in [0.15, 0.2) is 24.4 Å². The molecule has 0 radical (unpaired) electrons. The van der Waals surface area contributed by atoms with Gasteiger partial charge in [0.2, 0.25) is 5.75 Å². The fourth-order valence-electron chi connectivity index (χ4n) is 3.99. The van der Waals surface area contributed by atoms with Crippen LogP contribution < -0.4 is 25.3 Å². The smallest absolute Gasteiger partial charge is 0.203 e. The van der Waals surface area contributed by atoms with Crippen LogP contribution in [0.5, 0.6) is 17.2 Å². The molecule has 1 atom stereocenters. The van der Waals surface area contributed by atoms with Gasteiger partial charge in [-0.2, -0.15) is 0 Å². The molecule has 2 aromatic heterocycles. The maximum absolute atomic E-state index is 6.11. The summed E-state index contributed by atoms with van der Waals surface area (Å²) in [5.74, 6) is 1.99. The molecule has 1 aromatic carbocycles. The van der Waals surface area contributed by atoms with Gasteiger partial charge in [0.25, 0.3) is 0 Å². The van der Waals surface area contributed by atoms with Gasteiger partial charge in [-0.05, 0) is 51.5 Å². The highest BCUT2D eigenvalue weighted by atomic mass is 16.5. The minimum Gasteiger partial charge on any atom is -0.493 e. The summed E-state index contributed by atoms with van der Waals surface area (Å²) in [7, 11) is 4.73. The highest BCUT2D eigenvalue weighted by Crippen LogP contribution is 2.41. The molecule has 184 valence electrons. The molecule has 2 heterocycles. The van der Waals surface area contributed by atoms with Crippen LogP contribution in [0.1, 0.15) is 33.6 Å². The van der Waals surface area contributed by atoms with Gasteiger partial charge in [-0.1, -0.05) is 13.8 Å². The molecule has 0 aliphatic heterocycles. The van der Waals surface area contributed by atoms with Crippen molar-refractivity contribution in [3.8, 4) is 28.5 Å². The van der Waals surface area contributed by atoms with Crippen LogP contribution in [0.2, 0.25) is 0 Å². The first-order valence-electron chi connectivity index (χ1n) is 11.7. The lowest BCUT2D eigenvalue weighted by Crippen LogP contribution is -2.25. The summed E-state index contributed by atoms with van der Waals surface area (Å²) in [6.45, 7) is 9.81. The number of hydrogen-bond acceptors (Lipinski definition) is 9. The Kier molecular flexibility index (Phi) is 8.70. The van der Waals surface area contributed by atoms with Crippen molar-refractivity contribution >= 4 is 22.7 Å². The van der Waals surface area contributed by atoms with E-state index in [1.54, 1.807) is 27.5 Å². The van der Waals surface area contributed by atoms with Gasteiger partial charge in [-0.3, -0.25) is 0 Å². The Morgan fingerprint density at radius 2 is 1.68 bits per heavy atom. The molecule has 34 heavy (non-hydrogen) atoms. The molecule has 3 aromatic rings. The van der Waals surface area contributed by atoms with Gasteiger partial charge < -0.3 is 30.2 Å². The van der Waals surface area contributed by atoms with E-state index in [9.17, 15) is 0 Å². The molecule has 0 aliphatic carbocycles. The SMILES string of the molecule is CCN(CC)CCCC(C)Nc1cc(N)nc2nc(-c3cc(OC)c(OC)c(OC)c3)cnc12. The fraction of sp³-hybridized carbons (Fsp3) is 0.480. The van der Waals surface area contributed by atoms with E-state index in [0.717, 1.165) is 43.7 Å². The molecule has 9 heteroatoms. The Labute approximate surface area is 201 Å². The minimum absolute atomic E-state index is 0.261. The second kappa shape index (κ2) is 11.7. The predicted octanol–water partition coefficient (Wildman–Crippen LogP) is 4.22. The second-order valence-corrected chi connectivity index (χ2v) is 8.15. The maximum atomic E-state index is 6.11. The van der Waals surface area contributed by atoms with Gasteiger partial charge in [0.1, 0.15) is 11.3 Å². The highest BCUT2D eigenvalue weighted by Gasteiger charge is 2.17. The highest BCUT2D eigenvalue weighted by molar-refractivity contribution is 5.88. The standard InChI is InChI=1S/C25H36N6O3/c1-7-31(8-2)11-9-10-16(3)28-18-14-22(26)30-25-23(18)27-15-19(29-25)17-12-20(32-4)24(34-6)21(13-17)33-5/h12-16H,7-11H2,1-6H3,(H3,26,28,29,30). The maximum Gasteiger partial charge on any atom is 0.203 e. The number of anilines is 2. The molecule has 1 unspecified atom stereocenters. The van der Waals surface area contributed by atoms with Gasteiger partial charge in [-0.15, -0.1) is 0 Å². The summed E-state index contributed by atoms with van der Waals surface area (Å²) in [5.41, 5.74) is 9.50. The number of pyridine rings is 1. The summed E-state index contributed by atoms with van der Waals surface area (Å²) in [6.07, 6.45) is 3.87. The fourth-order valence-corrected chi connectivity index (χ4v) is 3.99. The van der Waals surface area contributed by atoms with Gasteiger partial charge in [-0.25, -0.2) is 15.0 Å². The lowest BCUT2D eigenvalue weighted by Gasteiger charge is -2.20. The third kappa shape index (κ3) is 5.77. The number of ether oxygens (including phenoxy) is 3. The van der Waals surface area contributed by atoms with Crippen LogP contribution in [0.4, 0.5) is 11.5 Å². The van der Waals surface area contributed by atoms with E-state index in [2.05, 4.69) is 41.0 Å². The summed E-state index contributed by atoms with van der Waals surface area (Å²) in [6, 6.07) is 5.75. The van der Waals surface area contributed by atoms with Gasteiger partial charge in [0.15, 0.2) is 17.1 Å². The number of rotatable bonds is 12. The number of nitrogens with one attached hydrogen (secondary N) is 1. The van der Waals surface area contributed by atoms with Crippen molar-refractivity contribution in [3.05, 3.63) is 24.4 Å². The number of benzene rings is 1. The molecule has 0 spiro atoms. The Morgan fingerprint density at radius 3 is 2.26 bits per heavy atom. The van der Waals surface area contributed by atoms with Gasteiger partial charge >= 0.3 is 0 Å². The van der Waals surface area contributed by atoms with Crippen LogP contribution in [0.3, 0.4) is 0 Å². The lowest BCUT2D eigenvalue weighted by molar-refractivity contribution is 0.295. The molecule has 0 fully saturated rings. The average molecular weight is 469 g/mol. The number of methoxy groups -OCH3 is 3. The third-order valence-corrected chi connectivity index (χ3v) is 5.90. The zero-order valence-electron chi connectivity index (χ0n) is 21.0. The Balaban J connectivity index is 1.87. The van der Waals surface area contributed by atoms with Crippen LogP contribution in [-0.4, -0.2) is 66.9 Å². The third-order valence-electron chi connectivity index (χ3n) is 5.90. The summed E-state index contributed by atoms with van der Waals surface area (Å²) in [5, 5.41) is 3.55. The number of nitrogens with zero attached hydrogens (tertiary/aromatic N) is 4. The average Bonchev–Trinajstić information content (AvgIpc) is 2.85. The summed E-state index contributed by atoms with van der Waals surface area (Å²) >= 11 is 0. The predicted molar refractivity (Wildman–Crippen MR) is 137 cm³/mol.